The number of fused-ring (bicyclic) bond motifs is 2. The average molecular weight is 337 g/mol. The summed E-state index contributed by atoms with van der Waals surface area (Å²) in [6, 6.07) is 2.95. The fraction of sp³-hybridized carbons (Fsp3) is 0.625. The summed E-state index contributed by atoms with van der Waals surface area (Å²) < 4.78 is 0. The van der Waals surface area contributed by atoms with E-state index in [2.05, 4.69) is 22.2 Å². The van der Waals surface area contributed by atoms with Crippen LogP contribution in [0.3, 0.4) is 0 Å². The van der Waals surface area contributed by atoms with Crippen LogP contribution in [0.15, 0.2) is 11.4 Å². The second-order valence-corrected chi connectivity index (χ2v) is 7.32. The highest BCUT2D eigenvalue weighted by Gasteiger charge is 2.34. The molecule has 2 aliphatic rings. The van der Waals surface area contributed by atoms with Gasteiger partial charge in [0.2, 0.25) is 5.91 Å². The molecule has 2 saturated heterocycles. The third-order valence-corrected chi connectivity index (χ3v) is 5.92. The highest BCUT2D eigenvalue weighted by molar-refractivity contribution is 7.12. The van der Waals surface area contributed by atoms with Gasteiger partial charge in [-0.1, -0.05) is 0 Å². The van der Waals surface area contributed by atoms with E-state index in [4.69, 9.17) is 5.11 Å². The molecular formula is C16H23N3O3S. The highest BCUT2D eigenvalue weighted by atomic mass is 32.1. The molecule has 0 aromatic carbocycles. The zero-order valence-corrected chi connectivity index (χ0v) is 14.1. The smallest absolute Gasteiger partial charge is 0.348 e. The van der Waals surface area contributed by atoms with Crippen molar-refractivity contribution in [1.82, 2.24) is 9.80 Å². The Kier molecular flexibility index (Phi) is 4.99. The van der Waals surface area contributed by atoms with E-state index >= 15 is 0 Å². The van der Waals surface area contributed by atoms with E-state index in [1.165, 1.54) is 19.3 Å². The monoisotopic (exact) mass is 337 g/mol. The van der Waals surface area contributed by atoms with Crippen molar-refractivity contribution in [3.05, 3.63) is 16.3 Å². The number of thiophene rings is 1. The van der Waals surface area contributed by atoms with Gasteiger partial charge in [-0.2, -0.15) is 0 Å². The number of anilines is 1. The Morgan fingerprint density at radius 2 is 2.13 bits per heavy atom. The standard InChI is InChI=1S/C16H23N3O3S/c1-18-11-2-3-12(18)10-19(7-4-11)8-5-14(20)17-13-6-9-23-15(13)16(21)22/h6,9,11-12H,2-5,7-8,10H2,1H3,(H,17,20)(H,21,22)/t11-,12+/m1/s1. The van der Waals surface area contributed by atoms with Gasteiger partial charge >= 0.3 is 5.97 Å². The van der Waals surface area contributed by atoms with E-state index in [9.17, 15) is 9.59 Å². The molecule has 6 nitrogen and oxygen atoms in total. The van der Waals surface area contributed by atoms with Gasteiger partial charge in [-0.3, -0.25) is 9.69 Å². The Balaban J connectivity index is 1.49. The summed E-state index contributed by atoms with van der Waals surface area (Å²) in [5.74, 6) is -1.12. The Morgan fingerprint density at radius 3 is 2.91 bits per heavy atom. The van der Waals surface area contributed by atoms with Crippen LogP contribution in [0.25, 0.3) is 0 Å². The Labute approximate surface area is 140 Å². The summed E-state index contributed by atoms with van der Waals surface area (Å²) in [5, 5.41) is 13.5. The Morgan fingerprint density at radius 1 is 1.35 bits per heavy atom. The van der Waals surface area contributed by atoms with Crippen molar-refractivity contribution in [1.29, 1.82) is 0 Å². The SMILES string of the molecule is CN1[C@@H]2CC[C@H]1CN(CCC(=O)Nc1ccsc1C(=O)O)CC2. The van der Waals surface area contributed by atoms with E-state index < -0.39 is 5.97 Å². The first-order valence-electron chi connectivity index (χ1n) is 8.09. The van der Waals surface area contributed by atoms with Crippen LogP contribution in [0.5, 0.6) is 0 Å². The molecule has 3 rings (SSSR count). The van der Waals surface area contributed by atoms with Crippen molar-refractivity contribution in [2.45, 2.75) is 37.8 Å². The van der Waals surface area contributed by atoms with Gasteiger partial charge in [-0.15, -0.1) is 11.3 Å². The molecule has 0 radical (unpaired) electrons. The van der Waals surface area contributed by atoms with Crippen molar-refractivity contribution in [2.24, 2.45) is 0 Å². The molecule has 0 spiro atoms. The number of amides is 1. The fourth-order valence-corrected chi connectivity index (χ4v) is 4.31. The first kappa shape index (κ1) is 16.4. The van der Waals surface area contributed by atoms with Crippen molar-refractivity contribution in [3.63, 3.8) is 0 Å². The number of rotatable bonds is 5. The van der Waals surface area contributed by atoms with Crippen molar-refractivity contribution >= 4 is 28.9 Å². The van der Waals surface area contributed by atoms with Crippen LogP contribution >= 0.6 is 11.3 Å². The van der Waals surface area contributed by atoms with Crippen molar-refractivity contribution in [3.8, 4) is 0 Å². The average Bonchev–Trinajstić information content (AvgIpc) is 3.03. The second-order valence-electron chi connectivity index (χ2n) is 6.41. The molecular weight excluding hydrogens is 314 g/mol. The summed E-state index contributed by atoms with van der Waals surface area (Å²) >= 11 is 1.13. The number of hydrogen-bond acceptors (Lipinski definition) is 5. The molecule has 3 heterocycles. The molecule has 2 fully saturated rings. The lowest BCUT2D eigenvalue weighted by atomic mass is 10.1. The number of carbonyl (C=O) groups excluding carboxylic acids is 1. The molecule has 2 atom stereocenters. The molecule has 0 unspecified atom stereocenters. The summed E-state index contributed by atoms with van der Waals surface area (Å²) in [5.41, 5.74) is 0.405. The second kappa shape index (κ2) is 6.98. The number of aromatic carboxylic acids is 1. The lowest BCUT2D eigenvalue weighted by Gasteiger charge is -2.25. The van der Waals surface area contributed by atoms with E-state index in [1.54, 1.807) is 11.4 Å². The van der Waals surface area contributed by atoms with Gasteiger partial charge in [-0.25, -0.2) is 4.79 Å². The minimum Gasteiger partial charge on any atom is -0.477 e. The summed E-state index contributed by atoms with van der Waals surface area (Å²) in [6.07, 6.45) is 4.12. The quantitative estimate of drug-likeness (QED) is 0.859. The molecule has 0 saturated carbocycles. The van der Waals surface area contributed by atoms with E-state index in [1.807, 2.05) is 0 Å². The number of carbonyl (C=O) groups is 2. The van der Waals surface area contributed by atoms with E-state index in [0.29, 0.717) is 24.2 Å². The largest absolute Gasteiger partial charge is 0.477 e. The number of carboxylic acids is 1. The van der Waals surface area contributed by atoms with Gasteiger partial charge in [0.25, 0.3) is 0 Å². The third kappa shape index (κ3) is 3.73. The third-order valence-electron chi connectivity index (χ3n) is 5.02. The van der Waals surface area contributed by atoms with Gasteiger partial charge < -0.3 is 15.3 Å². The topological polar surface area (TPSA) is 72.9 Å². The number of likely N-dealkylation sites (tertiary alicyclic amines) is 1. The van der Waals surface area contributed by atoms with Crippen molar-refractivity contribution in [2.75, 3.05) is 32.0 Å². The van der Waals surface area contributed by atoms with Crippen molar-refractivity contribution < 1.29 is 14.7 Å². The van der Waals surface area contributed by atoms with Crippen LogP contribution in [-0.4, -0.2) is 65.5 Å². The molecule has 2 aliphatic heterocycles. The predicted molar refractivity (Wildman–Crippen MR) is 90.2 cm³/mol. The summed E-state index contributed by atoms with van der Waals surface area (Å²) in [6.45, 7) is 2.80. The van der Waals surface area contributed by atoms with Gasteiger partial charge in [0.1, 0.15) is 4.88 Å². The van der Waals surface area contributed by atoms with Crippen LogP contribution in [-0.2, 0) is 4.79 Å². The predicted octanol–water partition coefficient (Wildman–Crippen LogP) is 1.94. The maximum atomic E-state index is 12.1. The van der Waals surface area contributed by atoms with Crippen LogP contribution in [0.2, 0.25) is 0 Å². The first-order valence-corrected chi connectivity index (χ1v) is 8.97. The number of hydrogen-bond donors (Lipinski definition) is 2. The van der Waals surface area contributed by atoms with Crippen LogP contribution in [0.1, 0.15) is 35.4 Å². The maximum Gasteiger partial charge on any atom is 0.348 e. The van der Waals surface area contributed by atoms with E-state index in [0.717, 1.165) is 31.0 Å². The van der Waals surface area contributed by atoms with Crippen LogP contribution in [0, 0.1) is 0 Å². The van der Waals surface area contributed by atoms with Gasteiger partial charge in [0.05, 0.1) is 5.69 Å². The summed E-state index contributed by atoms with van der Waals surface area (Å²) in [4.78, 5) is 28.2. The van der Waals surface area contributed by atoms with Crippen LogP contribution in [0.4, 0.5) is 5.69 Å². The normalized spacial score (nSPS) is 25.3. The molecule has 0 aliphatic carbocycles. The van der Waals surface area contributed by atoms with Gasteiger partial charge in [-0.05, 0) is 44.3 Å². The minimum absolute atomic E-state index is 0.117. The molecule has 2 N–H and O–H groups in total. The molecule has 1 aromatic rings. The highest BCUT2D eigenvalue weighted by Crippen LogP contribution is 2.28. The lowest BCUT2D eigenvalue weighted by molar-refractivity contribution is -0.116. The zero-order chi connectivity index (χ0) is 16.4. The van der Waals surface area contributed by atoms with Gasteiger partial charge in [0.15, 0.2) is 0 Å². The molecule has 1 aromatic heterocycles. The van der Waals surface area contributed by atoms with E-state index in [-0.39, 0.29) is 10.8 Å². The number of nitrogens with zero attached hydrogens (tertiary/aromatic N) is 2. The fourth-order valence-electron chi connectivity index (χ4n) is 3.63. The molecule has 7 heteroatoms. The lowest BCUT2D eigenvalue weighted by Crippen LogP contribution is -2.37. The zero-order valence-electron chi connectivity index (χ0n) is 13.3. The summed E-state index contributed by atoms with van der Waals surface area (Å²) in [7, 11) is 2.21. The molecule has 2 bridgehead atoms. The Bertz CT molecular complexity index is 589. The first-order chi connectivity index (χ1) is 11.0. The maximum absolute atomic E-state index is 12.1. The molecule has 23 heavy (non-hydrogen) atoms. The van der Waals surface area contributed by atoms with Gasteiger partial charge in [0, 0.05) is 31.6 Å². The van der Waals surface area contributed by atoms with Crippen LogP contribution < -0.4 is 5.32 Å². The minimum atomic E-state index is -0.998. The molecule has 126 valence electrons. The number of likely N-dealkylation sites (N-methyl/N-ethyl adjacent to an activating group) is 1. The number of nitrogens with one attached hydrogen (secondary N) is 1. The Hall–Kier alpha value is -1.44. The number of carboxylic acid groups (broad SMARTS) is 1. The molecule has 1 amide bonds.